The van der Waals surface area contributed by atoms with Gasteiger partial charge >= 0.3 is 0 Å². The zero-order valence-corrected chi connectivity index (χ0v) is 15.1. The highest BCUT2D eigenvalue weighted by molar-refractivity contribution is 7.92. The average molecular weight is 373 g/mol. The molecule has 0 spiro atoms. The molecule has 0 fully saturated rings. The summed E-state index contributed by atoms with van der Waals surface area (Å²) in [5.41, 5.74) is 1.22. The minimum Gasteiger partial charge on any atom is -0.497 e. The van der Waals surface area contributed by atoms with E-state index in [1.54, 1.807) is 18.2 Å². The van der Waals surface area contributed by atoms with Crippen LogP contribution in [0.4, 0.5) is 0 Å². The Hall–Kier alpha value is -2.64. The Bertz CT molecular complexity index is 909. The highest BCUT2D eigenvalue weighted by Crippen LogP contribution is 2.24. The zero-order chi connectivity index (χ0) is 18.6. The molecule has 0 aromatic heterocycles. The summed E-state index contributed by atoms with van der Waals surface area (Å²) in [5, 5.41) is 1.04. The molecule has 2 aromatic rings. The van der Waals surface area contributed by atoms with Crippen molar-refractivity contribution in [1.29, 1.82) is 0 Å². The molecule has 1 atom stereocenters. The Morgan fingerprint density at radius 3 is 2.62 bits per heavy atom. The second-order valence-corrected chi connectivity index (χ2v) is 7.47. The topological polar surface area (TPSA) is 72.9 Å². The Balaban J connectivity index is 1.73. The van der Waals surface area contributed by atoms with E-state index in [2.05, 4.69) is 0 Å². The van der Waals surface area contributed by atoms with Crippen molar-refractivity contribution < 1.29 is 22.7 Å². The Kier molecular flexibility index (Phi) is 5.39. The van der Waals surface area contributed by atoms with Crippen LogP contribution >= 0.6 is 0 Å². The van der Waals surface area contributed by atoms with Gasteiger partial charge in [-0.25, -0.2) is 12.7 Å². The first-order valence-corrected chi connectivity index (χ1v) is 9.54. The highest BCUT2D eigenvalue weighted by atomic mass is 32.2. The molecule has 1 heterocycles. The van der Waals surface area contributed by atoms with Crippen LogP contribution in [0.2, 0.25) is 0 Å². The van der Waals surface area contributed by atoms with Crippen molar-refractivity contribution in [2.24, 2.45) is 0 Å². The fourth-order valence-electron chi connectivity index (χ4n) is 2.67. The van der Waals surface area contributed by atoms with E-state index in [1.165, 1.54) is 19.3 Å². The number of methoxy groups -OCH3 is 1. The molecule has 1 unspecified atom stereocenters. The third-order valence-electron chi connectivity index (χ3n) is 3.97. The van der Waals surface area contributed by atoms with E-state index in [4.69, 9.17) is 9.47 Å². The molecule has 3 rings (SSSR count). The predicted molar refractivity (Wildman–Crippen MR) is 97.1 cm³/mol. The van der Waals surface area contributed by atoms with E-state index < -0.39 is 22.0 Å². The maximum absolute atomic E-state index is 12.8. The van der Waals surface area contributed by atoms with Gasteiger partial charge in [0, 0.05) is 11.0 Å². The van der Waals surface area contributed by atoms with Crippen LogP contribution in [0.5, 0.6) is 5.75 Å². The minimum absolute atomic E-state index is 0.0837. The number of amides is 1. The molecule has 0 N–H and O–H groups in total. The lowest BCUT2D eigenvalue weighted by Gasteiger charge is -2.23. The number of sulfonamides is 1. The summed E-state index contributed by atoms with van der Waals surface area (Å²) >= 11 is 0. The maximum Gasteiger partial charge on any atom is 0.268 e. The molecule has 1 aliphatic heterocycles. The molecular formula is C19H19NO5S. The van der Waals surface area contributed by atoms with E-state index in [0.717, 1.165) is 15.3 Å². The van der Waals surface area contributed by atoms with Crippen LogP contribution in [-0.2, 0) is 21.4 Å². The zero-order valence-electron chi connectivity index (χ0n) is 14.2. The van der Waals surface area contributed by atoms with E-state index in [0.29, 0.717) is 12.4 Å². The van der Waals surface area contributed by atoms with Crippen molar-refractivity contribution in [2.45, 2.75) is 12.6 Å². The normalized spacial score (nSPS) is 18.0. The molecule has 1 aliphatic rings. The van der Waals surface area contributed by atoms with Crippen LogP contribution < -0.4 is 4.74 Å². The van der Waals surface area contributed by atoms with Crippen molar-refractivity contribution >= 4 is 15.9 Å². The maximum atomic E-state index is 12.8. The molecule has 0 radical (unpaired) electrons. The molecule has 0 saturated carbocycles. The first-order chi connectivity index (χ1) is 12.5. The summed E-state index contributed by atoms with van der Waals surface area (Å²) in [6, 6.07) is 15.3. The summed E-state index contributed by atoms with van der Waals surface area (Å²) < 4.78 is 36.2. The fraction of sp³-hybridized carbons (Fsp3) is 0.211. The van der Waals surface area contributed by atoms with Crippen molar-refractivity contribution in [2.75, 3.05) is 13.7 Å². The molecule has 26 heavy (non-hydrogen) atoms. The quantitative estimate of drug-likeness (QED) is 0.778. The van der Waals surface area contributed by atoms with Crippen LogP contribution in [-0.4, -0.2) is 38.4 Å². The number of carbonyl (C=O) groups is 1. The van der Waals surface area contributed by atoms with Gasteiger partial charge in [-0.3, -0.25) is 4.79 Å². The molecule has 1 amide bonds. The lowest BCUT2D eigenvalue weighted by molar-refractivity contribution is 0.0684. The number of hydrogen-bond acceptors (Lipinski definition) is 5. The van der Waals surface area contributed by atoms with Gasteiger partial charge in [-0.05, 0) is 29.8 Å². The Labute approximate surface area is 152 Å². The number of benzene rings is 2. The van der Waals surface area contributed by atoms with Crippen LogP contribution in [0.15, 0.2) is 66.1 Å². The summed E-state index contributed by atoms with van der Waals surface area (Å²) in [5.74, 6) is -0.125. The van der Waals surface area contributed by atoms with Crippen LogP contribution in [0.3, 0.4) is 0 Å². The van der Waals surface area contributed by atoms with E-state index in [9.17, 15) is 13.2 Å². The van der Waals surface area contributed by atoms with E-state index in [-0.39, 0.29) is 12.2 Å². The third-order valence-corrected chi connectivity index (χ3v) is 5.45. The molecule has 0 bridgehead atoms. The smallest absolute Gasteiger partial charge is 0.268 e. The van der Waals surface area contributed by atoms with E-state index >= 15 is 0 Å². The summed E-state index contributed by atoms with van der Waals surface area (Å²) in [6.45, 7) is 0.423. The van der Waals surface area contributed by atoms with Crippen molar-refractivity contribution in [3.05, 3.63) is 77.2 Å². The van der Waals surface area contributed by atoms with Gasteiger partial charge in [-0.15, -0.1) is 0 Å². The summed E-state index contributed by atoms with van der Waals surface area (Å²) in [7, 11) is -2.33. The Morgan fingerprint density at radius 2 is 1.88 bits per heavy atom. The first kappa shape index (κ1) is 18.2. The lowest BCUT2D eigenvalue weighted by atomic mass is 10.2. The number of nitrogens with zero attached hydrogens (tertiary/aromatic N) is 1. The standard InChI is InChI=1S/C19H19NO5S/c1-24-18-9-5-8-16(12-18)19(21)20-17(10-11-26(20,22)23)14-25-13-15-6-3-2-4-7-15/h2-12,17H,13-14H2,1H3. The molecule has 0 saturated heterocycles. The molecule has 2 aromatic carbocycles. The van der Waals surface area contributed by atoms with Gasteiger partial charge in [-0.1, -0.05) is 36.4 Å². The van der Waals surface area contributed by atoms with Gasteiger partial charge in [0.25, 0.3) is 15.9 Å². The van der Waals surface area contributed by atoms with Gasteiger partial charge in [0.15, 0.2) is 0 Å². The third kappa shape index (κ3) is 3.95. The minimum atomic E-state index is -3.82. The fourth-order valence-corrected chi connectivity index (χ4v) is 4.02. The monoisotopic (exact) mass is 373 g/mol. The van der Waals surface area contributed by atoms with Crippen LogP contribution in [0, 0.1) is 0 Å². The second-order valence-electron chi connectivity index (χ2n) is 5.77. The average Bonchev–Trinajstić information content (AvgIpc) is 2.96. The molecule has 7 heteroatoms. The van der Waals surface area contributed by atoms with Gasteiger partial charge in [0.1, 0.15) is 5.75 Å². The highest BCUT2D eigenvalue weighted by Gasteiger charge is 2.37. The molecule has 0 aliphatic carbocycles. The van der Waals surface area contributed by atoms with E-state index in [1.807, 2.05) is 30.3 Å². The second kappa shape index (κ2) is 7.72. The number of carbonyl (C=O) groups excluding carboxylic acids is 1. The van der Waals surface area contributed by atoms with Crippen molar-refractivity contribution in [3.63, 3.8) is 0 Å². The molecule has 136 valence electrons. The van der Waals surface area contributed by atoms with Gasteiger partial charge in [0.05, 0.1) is 26.4 Å². The van der Waals surface area contributed by atoms with Gasteiger partial charge in [-0.2, -0.15) is 0 Å². The van der Waals surface area contributed by atoms with Crippen LogP contribution in [0.25, 0.3) is 0 Å². The first-order valence-electron chi connectivity index (χ1n) is 8.04. The Morgan fingerprint density at radius 1 is 1.12 bits per heavy atom. The summed E-state index contributed by atoms with van der Waals surface area (Å²) in [6.07, 6.45) is 1.47. The molecule has 6 nitrogen and oxygen atoms in total. The molecular weight excluding hydrogens is 354 g/mol. The number of ether oxygens (including phenoxy) is 2. The SMILES string of the molecule is COc1cccc(C(=O)N2C(COCc3ccccc3)C=CS2(=O)=O)c1. The van der Waals surface area contributed by atoms with Crippen molar-refractivity contribution in [1.82, 2.24) is 4.31 Å². The largest absolute Gasteiger partial charge is 0.497 e. The van der Waals surface area contributed by atoms with Gasteiger partial charge in [0.2, 0.25) is 0 Å². The van der Waals surface area contributed by atoms with Crippen LogP contribution in [0.1, 0.15) is 15.9 Å². The lowest BCUT2D eigenvalue weighted by Crippen LogP contribution is -2.41. The predicted octanol–water partition coefficient (Wildman–Crippen LogP) is 2.58. The van der Waals surface area contributed by atoms with Gasteiger partial charge < -0.3 is 9.47 Å². The van der Waals surface area contributed by atoms with Crippen molar-refractivity contribution in [3.8, 4) is 5.75 Å². The number of rotatable bonds is 6. The summed E-state index contributed by atoms with van der Waals surface area (Å²) in [4.78, 5) is 12.8. The number of hydrogen-bond donors (Lipinski definition) is 0.